The summed E-state index contributed by atoms with van der Waals surface area (Å²) in [7, 11) is 0. The number of ether oxygens (including phenoxy) is 1. The van der Waals surface area contributed by atoms with Crippen molar-refractivity contribution in [2.75, 3.05) is 13.2 Å². The van der Waals surface area contributed by atoms with Gasteiger partial charge >= 0.3 is 5.97 Å². The summed E-state index contributed by atoms with van der Waals surface area (Å²) in [5.74, 6) is -0.0393. The van der Waals surface area contributed by atoms with Gasteiger partial charge < -0.3 is 20.3 Å². The summed E-state index contributed by atoms with van der Waals surface area (Å²) in [4.78, 5) is 24.5. The lowest BCUT2D eigenvalue weighted by Gasteiger charge is -2.22. The summed E-state index contributed by atoms with van der Waals surface area (Å²) in [5, 5.41) is 23.3. The van der Waals surface area contributed by atoms with Crippen LogP contribution in [-0.4, -0.2) is 47.4 Å². The minimum absolute atomic E-state index is 0.00194. The van der Waals surface area contributed by atoms with Crippen LogP contribution in [0.1, 0.15) is 348 Å². The predicted molar refractivity (Wildman–Crippen MR) is 315 cm³/mol. The third kappa shape index (κ3) is 57.4. The van der Waals surface area contributed by atoms with Crippen molar-refractivity contribution >= 4 is 11.9 Å². The van der Waals surface area contributed by atoms with Gasteiger partial charge in [-0.05, 0) is 77.0 Å². The highest BCUT2D eigenvalue weighted by atomic mass is 16.5. The molecular weight excluding hydrogens is 887 g/mol. The zero-order valence-electron chi connectivity index (χ0n) is 48.4. The molecule has 1 amide bonds. The number of allylic oxidation sites excluding steroid dienone is 6. The van der Waals surface area contributed by atoms with Gasteiger partial charge in [-0.2, -0.15) is 0 Å². The van der Waals surface area contributed by atoms with E-state index in [0.717, 1.165) is 51.4 Å². The first-order valence-electron chi connectivity index (χ1n) is 32.2. The van der Waals surface area contributed by atoms with Gasteiger partial charge in [0.2, 0.25) is 5.91 Å². The molecule has 0 aromatic heterocycles. The quantitative estimate of drug-likeness (QED) is 0.0320. The van der Waals surface area contributed by atoms with Crippen LogP contribution in [0.5, 0.6) is 0 Å². The van der Waals surface area contributed by atoms with E-state index in [4.69, 9.17) is 4.74 Å². The number of rotatable bonds is 60. The molecule has 0 aliphatic carbocycles. The molecule has 0 aromatic rings. The van der Waals surface area contributed by atoms with Crippen molar-refractivity contribution in [3.8, 4) is 0 Å². The Morgan fingerprint density at radius 1 is 0.389 bits per heavy atom. The molecular formula is C66H125NO5. The average Bonchev–Trinajstić information content (AvgIpc) is 3.38. The molecule has 0 heterocycles. The van der Waals surface area contributed by atoms with Crippen LogP contribution < -0.4 is 5.32 Å². The molecule has 72 heavy (non-hydrogen) atoms. The number of hydrogen-bond acceptors (Lipinski definition) is 5. The average molecular weight is 1010 g/mol. The molecule has 2 atom stereocenters. The fourth-order valence-corrected chi connectivity index (χ4v) is 9.95. The summed E-state index contributed by atoms with van der Waals surface area (Å²) in [6.07, 6.45) is 77.3. The Morgan fingerprint density at radius 2 is 0.708 bits per heavy atom. The van der Waals surface area contributed by atoms with Gasteiger partial charge in [-0.1, -0.05) is 294 Å². The predicted octanol–water partition coefficient (Wildman–Crippen LogP) is 20.4. The van der Waals surface area contributed by atoms with E-state index in [1.807, 2.05) is 0 Å². The Morgan fingerprint density at radius 3 is 1.11 bits per heavy atom. The van der Waals surface area contributed by atoms with Crippen molar-refractivity contribution in [2.45, 2.75) is 360 Å². The monoisotopic (exact) mass is 1010 g/mol. The molecule has 0 aliphatic rings. The number of unbranched alkanes of at least 4 members (excludes halogenated alkanes) is 43. The van der Waals surface area contributed by atoms with Gasteiger partial charge in [0.05, 0.1) is 25.4 Å². The zero-order chi connectivity index (χ0) is 52.2. The van der Waals surface area contributed by atoms with E-state index in [-0.39, 0.29) is 18.5 Å². The fraction of sp³-hybridized carbons (Fsp3) is 0.879. The van der Waals surface area contributed by atoms with E-state index in [1.165, 1.54) is 263 Å². The summed E-state index contributed by atoms with van der Waals surface area (Å²) in [5.41, 5.74) is 0. The summed E-state index contributed by atoms with van der Waals surface area (Å²) in [6.45, 7) is 4.92. The molecule has 0 spiro atoms. The standard InChI is InChI=1S/C66H125NO5/c1-3-5-7-9-11-13-15-17-19-28-31-34-38-42-46-50-54-58-64(69)63(62-68)67-65(70)59-55-51-47-43-39-35-32-29-26-24-22-20-21-23-25-27-30-33-37-41-45-49-53-57-61-72-66(71)60-56-52-48-44-40-36-18-16-14-12-10-8-6-4-2/h10,12,16,18,22,24,63-64,68-69H,3-9,11,13-15,17,19-21,23,25-62H2,1-2H3,(H,67,70)/b12-10-,18-16-,24-22-. The minimum Gasteiger partial charge on any atom is -0.466 e. The van der Waals surface area contributed by atoms with Gasteiger partial charge in [0, 0.05) is 12.8 Å². The Bertz CT molecular complexity index is 1170. The molecule has 0 rings (SSSR count). The lowest BCUT2D eigenvalue weighted by molar-refractivity contribution is -0.143. The second-order valence-electron chi connectivity index (χ2n) is 22.1. The van der Waals surface area contributed by atoms with E-state index in [2.05, 4.69) is 55.6 Å². The summed E-state index contributed by atoms with van der Waals surface area (Å²) in [6, 6.07) is -0.545. The number of aliphatic hydroxyl groups is 2. The maximum absolute atomic E-state index is 12.5. The molecule has 6 nitrogen and oxygen atoms in total. The smallest absolute Gasteiger partial charge is 0.305 e. The Kier molecular flexibility index (Phi) is 60.0. The Labute approximate surface area is 449 Å². The van der Waals surface area contributed by atoms with Crippen molar-refractivity contribution in [2.24, 2.45) is 0 Å². The highest BCUT2D eigenvalue weighted by Crippen LogP contribution is 2.18. The maximum atomic E-state index is 12.5. The first kappa shape index (κ1) is 70.1. The van der Waals surface area contributed by atoms with Crippen LogP contribution in [-0.2, 0) is 14.3 Å². The third-order valence-corrected chi connectivity index (χ3v) is 14.9. The lowest BCUT2D eigenvalue weighted by Crippen LogP contribution is -2.45. The van der Waals surface area contributed by atoms with Crippen molar-refractivity contribution in [1.82, 2.24) is 5.32 Å². The number of esters is 1. The molecule has 0 saturated carbocycles. The van der Waals surface area contributed by atoms with Gasteiger partial charge in [-0.15, -0.1) is 0 Å². The number of carbonyl (C=O) groups is 2. The van der Waals surface area contributed by atoms with Crippen LogP contribution >= 0.6 is 0 Å². The van der Waals surface area contributed by atoms with E-state index >= 15 is 0 Å². The first-order chi connectivity index (χ1) is 35.5. The number of hydrogen-bond donors (Lipinski definition) is 3. The minimum atomic E-state index is -0.668. The summed E-state index contributed by atoms with van der Waals surface area (Å²) >= 11 is 0. The van der Waals surface area contributed by atoms with E-state index in [0.29, 0.717) is 25.9 Å². The highest BCUT2D eigenvalue weighted by Gasteiger charge is 2.20. The van der Waals surface area contributed by atoms with Gasteiger partial charge in [0.15, 0.2) is 0 Å². The number of aliphatic hydroxyl groups excluding tert-OH is 2. The van der Waals surface area contributed by atoms with Crippen LogP contribution in [0.2, 0.25) is 0 Å². The van der Waals surface area contributed by atoms with Crippen LogP contribution in [0.25, 0.3) is 0 Å². The van der Waals surface area contributed by atoms with Crippen LogP contribution in [0.3, 0.4) is 0 Å². The van der Waals surface area contributed by atoms with E-state index < -0.39 is 12.1 Å². The summed E-state index contributed by atoms with van der Waals surface area (Å²) < 4.78 is 5.47. The zero-order valence-corrected chi connectivity index (χ0v) is 48.4. The third-order valence-electron chi connectivity index (χ3n) is 14.9. The molecule has 6 heteroatoms. The molecule has 0 saturated heterocycles. The molecule has 0 aromatic carbocycles. The molecule has 0 radical (unpaired) electrons. The SMILES string of the molecule is CCCC/C=C\C/C=C\CCCCCCCC(=O)OCCCCCCCCCCCCCC/C=C\CCCCCCCCCCC(=O)NC(CO)C(O)CCCCCCCCCCCCCCCCCCC. The fourth-order valence-electron chi connectivity index (χ4n) is 9.95. The normalized spacial score (nSPS) is 12.8. The second-order valence-corrected chi connectivity index (χ2v) is 22.1. The maximum Gasteiger partial charge on any atom is 0.305 e. The van der Waals surface area contributed by atoms with E-state index in [9.17, 15) is 19.8 Å². The van der Waals surface area contributed by atoms with E-state index in [1.54, 1.807) is 0 Å². The van der Waals surface area contributed by atoms with Crippen LogP contribution in [0.4, 0.5) is 0 Å². The highest BCUT2D eigenvalue weighted by molar-refractivity contribution is 5.76. The van der Waals surface area contributed by atoms with Crippen molar-refractivity contribution < 1.29 is 24.5 Å². The molecule has 0 aliphatic heterocycles. The van der Waals surface area contributed by atoms with Crippen molar-refractivity contribution in [3.63, 3.8) is 0 Å². The second kappa shape index (κ2) is 61.6. The number of nitrogens with one attached hydrogen (secondary N) is 1. The largest absolute Gasteiger partial charge is 0.466 e. The molecule has 2 unspecified atom stereocenters. The van der Waals surface area contributed by atoms with Gasteiger partial charge in [-0.3, -0.25) is 9.59 Å². The van der Waals surface area contributed by atoms with Gasteiger partial charge in [0.25, 0.3) is 0 Å². The topological polar surface area (TPSA) is 95.9 Å². The Hall–Kier alpha value is -1.92. The van der Waals surface area contributed by atoms with Gasteiger partial charge in [-0.25, -0.2) is 0 Å². The first-order valence-corrected chi connectivity index (χ1v) is 32.2. The van der Waals surface area contributed by atoms with Crippen molar-refractivity contribution in [3.05, 3.63) is 36.5 Å². The van der Waals surface area contributed by atoms with Gasteiger partial charge in [0.1, 0.15) is 0 Å². The number of amides is 1. The molecule has 3 N–H and O–H groups in total. The van der Waals surface area contributed by atoms with Crippen LogP contribution in [0.15, 0.2) is 36.5 Å². The molecule has 0 bridgehead atoms. The Balaban J connectivity index is 3.41. The van der Waals surface area contributed by atoms with Crippen LogP contribution in [0, 0.1) is 0 Å². The lowest BCUT2D eigenvalue weighted by atomic mass is 10.0. The van der Waals surface area contributed by atoms with Crippen molar-refractivity contribution in [1.29, 1.82) is 0 Å². The molecule has 424 valence electrons. The molecule has 0 fully saturated rings. The number of carbonyl (C=O) groups excluding carboxylic acids is 2.